The van der Waals surface area contributed by atoms with Crippen LogP contribution in [0.4, 0.5) is 0 Å². The number of nitrogens with two attached hydrogens (primary N) is 1. The van der Waals surface area contributed by atoms with Gasteiger partial charge in [0.1, 0.15) is 6.10 Å². The first-order valence-electron chi connectivity index (χ1n) is 7.01. The van der Waals surface area contributed by atoms with Crippen LogP contribution in [0.15, 0.2) is 30.3 Å². The van der Waals surface area contributed by atoms with E-state index in [9.17, 15) is 4.79 Å². The van der Waals surface area contributed by atoms with Gasteiger partial charge in [-0.25, -0.2) is 0 Å². The second-order valence-corrected chi connectivity index (χ2v) is 5.30. The van der Waals surface area contributed by atoms with E-state index in [1.165, 1.54) is 0 Å². The lowest BCUT2D eigenvalue weighted by Crippen LogP contribution is -2.19. The van der Waals surface area contributed by atoms with Crippen LogP contribution < -0.4 is 5.73 Å². The van der Waals surface area contributed by atoms with Crippen molar-refractivity contribution in [2.24, 2.45) is 11.7 Å². The smallest absolute Gasteiger partial charge is 0.309 e. The van der Waals surface area contributed by atoms with Crippen molar-refractivity contribution in [3.63, 3.8) is 0 Å². The molecule has 3 unspecified atom stereocenters. The van der Waals surface area contributed by atoms with Crippen molar-refractivity contribution >= 4 is 5.97 Å². The predicted molar refractivity (Wildman–Crippen MR) is 77.6 cm³/mol. The summed E-state index contributed by atoms with van der Waals surface area (Å²) in [5.74, 6) is -0.189. The highest BCUT2D eigenvalue weighted by atomic mass is 16.5. The Kier molecular flexibility index (Phi) is 6.57. The van der Waals surface area contributed by atoms with Crippen molar-refractivity contribution < 1.29 is 9.53 Å². The van der Waals surface area contributed by atoms with Crippen molar-refractivity contribution in [1.29, 1.82) is 0 Å². The Labute approximate surface area is 116 Å². The van der Waals surface area contributed by atoms with Crippen LogP contribution in [0.3, 0.4) is 0 Å². The van der Waals surface area contributed by atoms with Gasteiger partial charge in [-0.05, 0) is 32.3 Å². The SMILES string of the molecule is CC(N)CCCC(C)C(=O)OC(C)c1ccccc1. The van der Waals surface area contributed by atoms with E-state index in [2.05, 4.69) is 0 Å². The zero-order chi connectivity index (χ0) is 14.3. The fourth-order valence-corrected chi connectivity index (χ4v) is 1.95. The minimum Gasteiger partial charge on any atom is -0.458 e. The lowest BCUT2D eigenvalue weighted by atomic mass is 10.0. The van der Waals surface area contributed by atoms with Crippen molar-refractivity contribution in [3.8, 4) is 0 Å². The summed E-state index contributed by atoms with van der Waals surface area (Å²) in [7, 11) is 0. The second kappa shape index (κ2) is 7.95. The molecule has 0 spiro atoms. The molecule has 0 fully saturated rings. The molecule has 0 aliphatic heterocycles. The number of hydrogen-bond donors (Lipinski definition) is 1. The molecule has 0 heterocycles. The Morgan fingerprint density at radius 1 is 1.16 bits per heavy atom. The van der Waals surface area contributed by atoms with Crippen LogP contribution in [-0.2, 0) is 9.53 Å². The molecule has 3 nitrogen and oxygen atoms in total. The summed E-state index contributed by atoms with van der Waals surface area (Å²) >= 11 is 0. The summed E-state index contributed by atoms with van der Waals surface area (Å²) in [5, 5.41) is 0. The first-order chi connectivity index (χ1) is 9.00. The van der Waals surface area contributed by atoms with E-state index in [1.807, 2.05) is 51.1 Å². The second-order valence-electron chi connectivity index (χ2n) is 5.30. The summed E-state index contributed by atoms with van der Waals surface area (Å²) in [6, 6.07) is 10.00. The van der Waals surface area contributed by atoms with Gasteiger partial charge in [0.15, 0.2) is 0 Å². The van der Waals surface area contributed by atoms with Gasteiger partial charge in [0, 0.05) is 6.04 Å². The topological polar surface area (TPSA) is 52.3 Å². The predicted octanol–water partition coefficient (Wildman–Crippen LogP) is 3.44. The van der Waals surface area contributed by atoms with Crippen LogP contribution in [-0.4, -0.2) is 12.0 Å². The van der Waals surface area contributed by atoms with Gasteiger partial charge in [-0.1, -0.05) is 43.7 Å². The van der Waals surface area contributed by atoms with Gasteiger partial charge >= 0.3 is 5.97 Å². The average Bonchev–Trinajstić information content (AvgIpc) is 2.39. The zero-order valence-corrected chi connectivity index (χ0v) is 12.1. The van der Waals surface area contributed by atoms with Crippen molar-refractivity contribution in [2.45, 2.75) is 52.2 Å². The summed E-state index contributed by atoms with van der Waals surface area (Å²) in [6.45, 7) is 5.81. The molecule has 0 saturated carbocycles. The Morgan fingerprint density at radius 3 is 2.37 bits per heavy atom. The van der Waals surface area contributed by atoms with E-state index in [0.717, 1.165) is 24.8 Å². The van der Waals surface area contributed by atoms with Gasteiger partial charge < -0.3 is 10.5 Å². The molecular formula is C16H25NO2. The first kappa shape index (κ1) is 15.7. The standard InChI is InChI=1S/C16H25NO2/c1-12(8-7-9-13(2)17)16(18)19-14(3)15-10-5-4-6-11-15/h4-6,10-14H,7-9,17H2,1-3H3. The van der Waals surface area contributed by atoms with Crippen LogP contribution in [0.25, 0.3) is 0 Å². The largest absolute Gasteiger partial charge is 0.458 e. The highest BCUT2D eigenvalue weighted by molar-refractivity contribution is 5.72. The van der Waals surface area contributed by atoms with Crippen LogP contribution in [0.1, 0.15) is 51.7 Å². The van der Waals surface area contributed by atoms with Crippen molar-refractivity contribution in [3.05, 3.63) is 35.9 Å². The summed E-state index contributed by atoms with van der Waals surface area (Å²) in [4.78, 5) is 11.9. The van der Waals surface area contributed by atoms with E-state index >= 15 is 0 Å². The van der Waals surface area contributed by atoms with Crippen molar-refractivity contribution in [2.75, 3.05) is 0 Å². The molecule has 0 aliphatic rings. The maximum absolute atomic E-state index is 11.9. The third-order valence-electron chi connectivity index (χ3n) is 3.26. The molecule has 0 aromatic heterocycles. The van der Waals surface area contributed by atoms with Gasteiger partial charge in [0.25, 0.3) is 0 Å². The van der Waals surface area contributed by atoms with Gasteiger partial charge in [0.05, 0.1) is 5.92 Å². The molecule has 2 N–H and O–H groups in total. The number of carbonyl (C=O) groups excluding carboxylic acids is 1. The first-order valence-corrected chi connectivity index (χ1v) is 7.01. The van der Waals surface area contributed by atoms with E-state index < -0.39 is 0 Å². The maximum Gasteiger partial charge on any atom is 0.309 e. The molecule has 106 valence electrons. The normalized spacial score (nSPS) is 15.6. The molecule has 3 heteroatoms. The number of benzene rings is 1. The molecule has 0 amide bonds. The Balaban J connectivity index is 2.37. The van der Waals surface area contributed by atoms with Crippen molar-refractivity contribution in [1.82, 2.24) is 0 Å². The number of ether oxygens (including phenoxy) is 1. The van der Waals surface area contributed by atoms with E-state index in [0.29, 0.717) is 0 Å². The quantitative estimate of drug-likeness (QED) is 0.767. The molecule has 1 rings (SSSR count). The third-order valence-corrected chi connectivity index (χ3v) is 3.26. The van der Waals surface area contributed by atoms with Gasteiger partial charge in [0.2, 0.25) is 0 Å². The van der Waals surface area contributed by atoms with Gasteiger partial charge in [-0.3, -0.25) is 4.79 Å². The molecule has 1 aromatic rings. The summed E-state index contributed by atoms with van der Waals surface area (Å²) < 4.78 is 5.49. The minimum atomic E-state index is -0.190. The third kappa shape index (κ3) is 5.88. The lowest BCUT2D eigenvalue weighted by molar-refractivity contribution is -0.153. The Bertz CT molecular complexity index is 376. The Hall–Kier alpha value is -1.35. The highest BCUT2D eigenvalue weighted by Crippen LogP contribution is 2.19. The lowest BCUT2D eigenvalue weighted by Gasteiger charge is -2.17. The van der Waals surface area contributed by atoms with E-state index in [4.69, 9.17) is 10.5 Å². The van der Waals surface area contributed by atoms with Gasteiger partial charge in [-0.2, -0.15) is 0 Å². The number of carbonyl (C=O) groups is 1. The minimum absolute atomic E-state index is 0.0649. The molecule has 19 heavy (non-hydrogen) atoms. The molecule has 3 atom stereocenters. The summed E-state index contributed by atoms with van der Waals surface area (Å²) in [6.07, 6.45) is 2.56. The fourth-order valence-electron chi connectivity index (χ4n) is 1.95. The zero-order valence-electron chi connectivity index (χ0n) is 12.1. The fraction of sp³-hybridized carbons (Fsp3) is 0.562. The number of rotatable bonds is 7. The van der Waals surface area contributed by atoms with E-state index in [1.54, 1.807) is 0 Å². The molecule has 0 aliphatic carbocycles. The summed E-state index contributed by atoms with van der Waals surface area (Å²) in [5.41, 5.74) is 6.72. The average molecular weight is 263 g/mol. The number of esters is 1. The van der Waals surface area contributed by atoms with Crippen LogP contribution in [0.2, 0.25) is 0 Å². The van der Waals surface area contributed by atoms with Gasteiger partial charge in [-0.15, -0.1) is 0 Å². The van der Waals surface area contributed by atoms with Crippen LogP contribution >= 0.6 is 0 Å². The highest BCUT2D eigenvalue weighted by Gasteiger charge is 2.18. The monoisotopic (exact) mass is 263 g/mol. The molecule has 1 aromatic carbocycles. The molecule has 0 bridgehead atoms. The molecular weight excluding hydrogens is 238 g/mol. The molecule has 0 radical (unpaired) electrons. The van der Waals surface area contributed by atoms with E-state index in [-0.39, 0.29) is 24.0 Å². The molecule has 0 saturated heterocycles. The number of hydrogen-bond acceptors (Lipinski definition) is 3. The van der Waals surface area contributed by atoms with Crippen LogP contribution in [0, 0.1) is 5.92 Å². The maximum atomic E-state index is 11.9. The Morgan fingerprint density at radius 2 is 1.79 bits per heavy atom. The van der Waals surface area contributed by atoms with Crippen LogP contribution in [0.5, 0.6) is 0 Å².